The molecule has 0 fully saturated rings. The first kappa shape index (κ1) is 18.3. The molecule has 130 valence electrons. The van der Waals surface area contributed by atoms with Gasteiger partial charge in [-0.05, 0) is 24.2 Å². The third kappa shape index (κ3) is 3.70. The molecule has 0 aliphatic carbocycles. The van der Waals surface area contributed by atoms with Gasteiger partial charge in [-0.2, -0.15) is 13.2 Å². The van der Waals surface area contributed by atoms with Crippen LogP contribution in [0, 0.1) is 12.7 Å². The van der Waals surface area contributed by atoms with Gasteiger partial charge in [0.2, 0.25) is 5.75 Å². The minimum absolute atomic E-state index is 0.0664. The summed E-state index contributed by atoms with van der Waals surface area (Å²) in [4.78, 5) is 23.2. The van der Waals surface area contributed by atoms with Crippen molar-refractivity contribution in [3.63, 3.8) is 0 Å². The van der Waals surface area contributed by atoms with Crippen LogP contribution in [0.25, 0.3) is 5.69 Å². The third-order valence-electron chi connectivity index (χ3n) is 3.23. The molecular formula is C14H12F4N2O3S. The van der Waals surface area contributed by atoms with Crippen molar-refractivity contribution in [3.05, 3.63) is 56.6 Å². The molecule has 1 atom stereocenters. The lowest BCUT2D eigenvalue weighted by molar-refractivity contribution is -0.106. The minimum atomic E-state index is -4.65. The molecule has 0 amide bonds. The van der Waals surface area contributed by atoms with Gasteiger partial charge in [0.25, 0.3) is 5.56 Å². The second kappa shape index (κ2) is 6.44. The highest BCUT2D eigenvalue weighted by molar-refractivity contribution is 7.91. The zero-order chi connectivity index (χ0) is 18.2. The van der Waals surface area contributed by atoms with Crippen molar-refractivity contribution in [1.82, 2.24) is 9.13 Å². The number of aromatic nitrogens is 2. The lowest BCUT2D eigenvalue weighted by Gasteiger charge is -2.16. The normalized spacial score (nSPS) is 13.1. The molecule has 2 aromatic rings. The number of halogens is 4. The highest BCUT2D eigenvalue weighted by Gasteiger charge is 2.36. The Kier molecular flexibility index (Phi) is 4.90. The second-order valence-electron chi connectivity index (χ2n) is 5.04. The van der Waals surface area contributed by atoms with Crippen molar-refractivity contribution in [2.75, 3.05) is 5.75 Å². The Labute approximate surface area is 136 Å². The molecule has 10 heteroatoms. The van der Waals surface area contributed by atoms with Crippen LogP contribution in [-0.4, -0.2) is 25.6 Å². The predicted octanol–water partition coefficient (Wildman–Crippen LogP) is 1.65. The zero-order valence-corrected chi connectivity index (χ0v) is 13.4. The molecule has 0 N–H and O–H groups in total. The number of aryl methyl sites for hydroxylation is 1. The molecule has 1 aromatic carbocycles. The average molecular weight is 364 g/mol. The van der Waals surface area contributed by atoms with E-state index in [1.165, 1.54) is 14.0 Å². The molecular weight excluding hydrogens is 352 g/mol. The second-order valence-corrected chi connectivity index (χ2v) is 6.46. The summed E-state index contributed by atoms with van der Waals surface area (Å²) in [7, 11) is 1.18. The van der Waals surface area contributed by atoms with Gasteiger partial charge in [-0.1, -0.05) is 0 Å². The molecule has 24 heavy (non-hydrogen) atoms. The van der Waals surface area contributed by atoms with E-state index >= 15 is 0 Å². The SMILES string of the molecule is Cc1cc(F)c(-n2ccc(=O)n(C)c2=O)cc1[S+]([O-])CC(F)(F)F. The summed E-state index contributed by atoms with van der Waals surface area (Å²) < 4.78 is 64.8. The molecule has 0 aliphatic rings. The van der Waals surface area contributed by atoms with Crippen molar-refractivity contribution in [2.45, 2.75) is 18.0 Å². The number of rotatable bonds is 3. The average Bonchev–Trinajstić information content (AvgIpc) is 2.44. The largest absolute Gasteiger partial charge is 0.611 e. The van der Waals surface area contributed by atoms with E-state index < -0.39 is 40.2 Å². The van der Waals surface area contributed by atoms with Gasteiger partial charge < -0.3 is 4.55 Å². The summed E-state index contributed by atoms with van der Waals surface area (Å²) in [6.45, 7) is 1.32. The molecule has 1 heterocycles. The highest BCUT2D eigenvalue weighted by Crippen LogP contribution is 2.27. The van der Waals surface area contributed by atoms with Crippen molar-refractivity contribution in [1.29, 1.82) is 0 Å². The van der Waals surface area contributed by atoms with Gasteiger partial charge in [-0.15, -0.1) is 0 Å². The van der Waals surface area contributed by atoms with Crippen molar-refractivity contribution in [3.8, 4) is 5.69 Å². The summed E-state index contributed by atoms with van der Waals surface area (Å²) in [6, 6.07) is 2.84. The first-order valence-corrected chi connectivity index (χ1v) is 7.87. The van der Waals surface area contributed by atoms with Crippen molar-refractivity contribution in [2.24, 2.45) is 7.05 Å². The Morgan fingerprint density at radius 1 is 1.25 bits per heavy atom. The Morgan fingerprint density at radius 2 is 1.88 bits per heavy atom. The van der Waals surface area contributed by atoms with E-state index in [-0.39, 0.29) is 16.1 Å². The topological polar surface area (TPSA) is 67.1 Å². The molecule has 1 unspecified atom stereocenters. The van der Waals surface area contributed by atoms with Crippen LogP contribution in [0.15, 0.2) is 38.9 Å². The molecule has 0 spiro atoms. The first-order valence-electron chi connectivity index (χ1n) is 6.55. The Hall–Kier alpha value is -2.07. The third-order valence-corrected chi connectivity index (χ3v) is 4.75. The lowest BCUT2D eigenvalue weighted by atomic mass is 10.2. The Morgan fingerprint density at radius 3 is 2.46 bits per heavy atom. The first-order chi connectivity index (χ1) is 11.0. The van der Waals surface area contributed by atoms with Crippen LogP contribution in [0.5, 0.6) is 0 Å². The van der Waals surface area contributed by atoms with Gasteiger partial charge >= 0.3 is 11.9 Å². The van der Waals surface area contributed by atoms with E-state index in [1.807, 2.05) is 0 Å². The molecule has 2 rings (SSSR count). The molecule has 1 aromatic heterocycles. The van der Waals surface area contributed by atoms with E-state index in [9.17, 15) is 31.7 Å². The molecule has 5 nitrogen and oxygen atoms in total. The number of nitrogens with zero attached hydrogens (tertiary/aromatic N) is 2. The van der Waals surface area contributed by atoms with E-state index in [0.717, 1.165) is 29.0 Å². The fourth-order valence-corrected chi connectivity index (χ4v) is 3.17. The van der Waals surface area contributed by atoms with Crippen molar-refractivity contribution >= 4 is 11.2 Å². The van der Waals surface area contributed by atoms with Crippen molar-refractivity contribution < 1.29 is 22.1 Å². The van der Waals surface area contributed by atoms with Gasteiger partial charge in [0, 0.05) is 30.9 Å². The molecule has 0 saturated heterocycles. The summed E-state index contributed by atoms with van der Waals surface area (Å²) >= 11 is -2.45. The Balaban J connectivity index is 2.61. The maximum atomic E-state index is 14.2. The highest BCUT2D eigenvalue weighted by atomic mass is 32.2. The summed E-state index contributed by atoms with van der Waals surface area (Å²) in [5.74, 6) is -2.47. The standard InChI is InChI=1S/C14H12F4N2O3S/c1-8-5-9(15)10(6-11(8)24(23)7-14(16,17)18)20-4-3-12(21)19(2)13(20)22/h3-6H,7H2,1-2H3. The number of alkyl halides is 3. The summed E-state index contributed by atoms with van der Waals surface area (Å²) in [6.07, 6.45) is -3.64. The van der Waals surface area contributed by atoms with Crippen LogP contribution in [0.3, 0.4) is 0 Å². The smallest absolute Gasteiger partial charge is 0.433 e. The van der Waals surface area contributed by atoms with Crippen LogP contribution in [-0.2, 0) is 18.2 Å². The molecule has 0 saturated carbocycles. The van der Waals surface area contributed by atoms with E-state index in [2.05, 4.69) is 0 Å². The fourth-order valence-electron chi connectivity index (χ4n) is 2.05. The van der Waals surface area contributed by atoms with E-state index in [4.69, 9.17) is 0 Å². The predicted molar refractivity (Wildman–Crippen MR) is 79.3 cm³/mol. The monoisotopic (exact) mass is 364 g/mol. The van der Waals surface area contributed by atoms with E-state index in [1.54, 1.807) is 0 Å². The maximum Gasteiger partial charge on any atom is 0.433 e. The zero-order valence-electron chi connectivity index (χ0n) is 12.6. The quantitative estimate of drug-likeness (QED) is 0.614. The van der Waals surface area contributed by atoms with Crippen LogP contribution in [0.4, 0.5) is 17.6 Å². The fraction of sp³-hybridized carbons (Fsp3) is 0.286. The van der Waals surface area contributed by atoms with Crippen LogP contribution in [0.2, 0.25) is 0 Å². The molecule has 0 bridgehead atoms. The van der Waals surface area contributed by atoms with Crippen LogP contribution >= 0.6 is 0 Å². The minimum Gasteiger partial charge on any atom is -0.611 e. The van der Waals surface area contributed by atoms with Gasteiger partial charge in [-0.25, -0.2) is 9.18 Å². The number of benzene rings is 1. The maximum absolute atomic E-state index is 14.2. The van der Waals surface area contributed by atoms with Gasteiger partial charge in [0.15, 0.2) is 4.90 Å². The Bertz CT molecular complexity index is 889. The summed E-state index contributed by atoms with van der Waals surface area (Å²) in [5.41, 5.74) is -1.81. The van der Waals surface area contributed by atoms with Gasteiger partial charge in [-0.3, -0.25) is 13.9 Å². The lowest BCUT2D eigenvalue weighted by Crippen LogP contribution is -2.36. The van der Waals surface area contributed by atoms with Crippen LogP contribution < -0.4 is 11.2 Å². The summed E-state index contributed by atoms with van der Waals surface area (Å²) in [5, 5.41) is 0. The number of hydrogen-bond acceptors (Lipinski definition) is 3. The molecule has 0 radical (unpaired) electrons. The van der Waals surface area contributed by atoms with Gasteiger partial charge in [0.05, 0.1) is 5.69 Å². The number of hydrogen-bond donors (Lipinski definition) is 0. The van der Waals surface area contributed by atoms with Gasteiger partial charge in [0.1, 0.15) is 5.82 Å². The van der Waals surface area contributed by atoms with Crippen LogP contribution in [0.1, 0.15) is 5.56 Å². The van der Waals surface area contributed by atoms with E-state index in [0.29, 0.717) is 4.57 Å². The molecule has 0 aliphatic heterocycles.